The predicted octanol–water partition coefficient (Wildman–Crippen LogP) is 3.72. The van der Waals surface area contributed by atoms with Gasteiger partial charge in [0.15, 0.2) is 0 Å². The lowest BCUT2D eigenvalue weighted by atomic mass is 10.2. The molecule has 0 fully saturated rings. The summed E-state index contributed by atoms with van der Waals surface area (Å²) in [6, 6.07) is 15.7. The van der Waals surface area contributed by atoms with E-state index in [0.29, 0.717) is 11.4 Å². The van der Waals surface area contributed by atoms with Crippen molar-refractivity contribution in [2.45, 2.75) is 13.5 Å². The van der Waals surface area contributed by atoms with Gasteiger partial charge in [-0.1, -0.05) is 24.3 Å². The van der Waals surface area contributed by atoms with Gasteiger partial charge in [-0.25, -0.2) is 4.68 Å². The molecule has 0 bridgehead atoms. The number of fused-ring (bicyclic) bond motifs is 1. The van der Waals surface area contributed by atoms with Gasteiger partial charge in [-0.2, -0.15) is 5.10 Å². The van der Waals surface area contributed by atoms with Crippen LogP contribution in [-0.2, 0) is 6.54 Å². The Balaban J connectivity index is 1.62. The predicted molar refractivity (Wildman–Crippen MR) is 99.1 cm³/mol. The summed E-state index contributed by atoms with van der Waals surface area (Å²) in [6.45, 7) is 2.43. The molecule has 0 spiro atoms. The molecule has 0 aliphatic rings. The Morgan fingerprint density at radius 3 is 2.80 bits per heavy atom. The third kappa shape index (κ3) is 3.04. The van der Waals surface area contributed by atoms with Crippen molar-refractivity contribution < 1.29 is 4.79 Å². The molecule has 4 rings (SSSR count). The first-order valence-electron chi connectivity index (χ1n) is 7.94. The van der Waals surface area contributed by atoms with E-state index < -0.39 is 0 Å². The van der Waals surface area contributed by atoms with Crippen LogP contribution in [0.1, 0.15) is 20.9 Å². The molecule has 0 saturated heterocycles. The number of carbonyl (C=O) groups excluding carboxylic acids is 1. The molecule has 6 heteroatoms. The number of nitrogens with zero attached hydrogens (tertiary/aromatic N) is 3. The van der Waals surface area contributed by atoms with Crippen molar-refractivity contribution in [3.8, 4) is 5.69 Å². The Morgan fingerprint density at radius 1 is 1.20 bits per heavy atom. The highest BCUT2D eigenvalue weighted by Gasteiger charge is 2.17. The van der Waals surface area contributed by atoms with Crippen LogP contribution in [0.25, 0.3) is 15.9 Å². The molecule has 3 aromatic heterocycles. The van der Waals surface area contributed by atoms with E-state index in [1.807, 2.05) is 60.1 Å². The Labute approximate surface area is 149 Å². The average molecular weight is 348 g/mol. The number of amides is 1. The number of nitrogens with one attached hydrogen (secondary N) is 1. The molecule has 25 heavy (non-hydrogen) atoms. The minimum atomic E-state index is -0.0796. The van der Waals surface area contributed by atoms with Gasteiger partial charge in [0, 0.05) is 24.3 Å². The normalized spacial score (nSPS) is 10.9. The van der Waals surface area contributed by atoms with E-state index in [4.69, 9.17) is 0 Å². The van der Waals surface area contributed by atoms with Gasteiger partial charge < -0.3 is 5.32 Å². The molecule has 1 N–H and O–H groups in total. The second-order valence-electron chi connectivity index (χ2n) is 5.71. The summed E-state index contributed by atoms with van der Waals surface area (Å²) >= 11 is 1.46. The first-order valence-corrected chi connectivity index (χ1v) is 8.76. The SMILES string of the molecule is Cc1nn(-c2ccccc2)c2sc(C(=O)NCc3cccnc3)cc12. The van der Waals surface area contributed by atoms with Crippen molar-refractivity contribution in [3.63, 3.8) is 0 Å². The number of hydrogen-bond donors (Lipinski definition) is 1. The highest BCUT2D eigenvalue weighted by molar-refractivity contribution is 7.20. The summed E-state index contributed by atoms with van der Waals surface area (Å²) in [5.74, 6) is -0.0796. The summed E-state index contributed by atoms with van der Waals surface area (Å²) in [4.78, 5) is 18.2. The Morgan fingerprint density at radius 2 is 2.04 bits per heavy atom. The molecule has 0 aliphatic carbocycles. The number of aromatic nitrogens is 3. The van der Waals surface area contributed by atoms with E-state index in [1.54, 1.807) is 12.4 Å². The minimum Gasteiger partial charge on any atom is -0.347 e. The average Bonchev–Trinajstić information content (AvgIpc) is 3.22. The third-order valence-electron chi connectivity index (χ3n) is 3.95. The molecule has 0 radical (unpaired) electrons. The lowest BCUT2D eigenvalue weighted by Crippen LogP contribution is -2.21. The monoisotopic (exact) mass is 348 g/mol. The van der Waals surface area contributed by atoms with Gasteiger partial charge in [0.25, 0.3) is 5.91 Å². The fourth-order valence-corrected chi connectivity index (χ4v) is 3.77. The van der Waals surface area contributed by atoms with E-state index in [2.05, 4.69) is 15.4 Å². The minimum absolute atomic E-state index is 0.0796. The molecule has 4 aromatic rings. The van der Waals surface area contributed by atoms with Crippen LogP contribution in [-0.4, -0.2) is 20.7 Å². The lowest BCUT2D eigenvalue weighted by molar-refractivity contribution is 0.0955. The first kappa shape index (κ1) is 15.5. The number of rotatable bonds is 4. The highest BCUT2D eigenvalue weighted by atomic mass is 32.1. The zero-order valence-corrected chi connectivity index (χ0v) is 14.5. The van der Waals surface area contributed by atoms with E-state index in [9.17, 15) is 4.79 Å². The van der Waals surface area contributed by atoms with Crippen LogP contribution in [0, 0.1) is 6.92 Å². The molecular formula is C19H16N4OS. The summed E-state index contributed by atoms with van der Waals surface area (Å²) in [5, 5.41) is 8.56. The molecule has 0 atom stereocenters. The van der Waals surface area contributed by atoms with Crippen LogP contribution < -0.4 is 5.32 Å². The highest BCUT2D eigenvalue weighted by Crippen LogP contribution is 2.30. The Kier molecular flexibility index (Phi) is 4.03. The van der Waals surface area contributed by atoms with Gasteiger partial charge >= 0.3 is 0 Å². The third-order valence-corrected chi connectivity index (χ3v) is 5.05. The van der Waals surface area contributed by atoms with E-state index in [0.717, 1.165) is 27.2 Å². The fourth-order valence-electron chi connectivity index (χ4n) is 2.68. The van der Waals surface area contributed by atoms with Crippen LogP contribution in [0.3, 0.4) is 0 Å². The summed E-state index contributed by atoms with van der Waals surface area (Å²) in [6.07, 6.45) is 3.47. The van der Waals surface area contributed by atoms with Crippen molar-refractivity contribution in [3.05, 3.63) is 77.1 Å². The molecule has 124 valence electrons. The second kappa shape index (κ2) is 6.49. The van der Waals surface area contributed by atoms with Crippen molar-refractivity contribution in [2.24, 2.45) is 0 Å². The number of pyridine rings is 1. The van der Waals surface area contributed by atoms with E-state index in [1.165, 1.54) is 11.3 Å². The number of para-hydroxylation sites is 1. The lowest BCUT2D eigenvalue weighted by Gasteiger charge is -2.03. The van der Waals surface area contributed by atoms with Crippen molar-refractivity contribution in [1.82, 2.24) is 20.1 Å². The molecule has 5 nitrogen and oxygen atoms in total. The van der Waals surface area contributed by atoms with Crippen molar-refractivity contribution in [1.29, 1.82) is 0 Å². The second-order valence-corrected chi connectivity index (χ2v) is 6.74. The van der Waals surface area contributed by atoms with E-state index in [-0.39, 0.29) is 5.91 Å². The van der Waals surface area contributed by atoms with Crippen LogP contribution >= 0.6 is 11.3 Å². The number of thiophene rings is 1. The quantitative estimate of drug-likeness (QED) is 0.611. The maximum absolute atomic E-state index is 12.5. The van der Waals surface area contributed by atoms with Crippen molar-refractivity contribution in [2.75, 3.05) is 0 Å². The largest absolute Gasteiger partial charge is 0.347 e. The number of carbonyl (C=O) groups is 1. The summed E-state index contributed by atoms with van der Waals surface area (Å²) < 4.78 is 1.90. The number of hydrogen-bond acceptors (Lipinski definition) is 4. The molecular weight excluding hydrogens is 332 g/mol. The van der Waals surface area contributed by atoms with Gasteiger partial charge in [-0.15, -0.1) is 11.3 Å². The Bertz CT molecular complexity index is 1020. The van der Waals surface area contributed by atoms with E-state index >= 15 is 0 Å². The maximum atomic E-state index is 12.5. The molecule has 0 saturated carbocycles. The van der Waals surface area contributed by atoms with Crippen LogP contribution in [0.2, 0.25) is 0 Å². The number of benzene rings is 1. The van der Waals surface area contributed by atoms with Gasteiger partial charge in [0.1, 0.15) is 4.83 Å². The molecule has 1 amide bonds. The zero-order valence-electron chi connectivity index (χ0n) is 13.6. The molecule has 0 unspecified atom stereocenters. The first-order chi connectivity index (χ1) is 12.2. The molecule has 1 aromatic carbocycles. The summed E-state index contributed by atoms with van der Waals surface area (Å²) in [5.41, 5.74) is 2.88. The summed E-state index contributed by atoms with van der Waals surface area (Å²) in [7, 11) is 0. The van der Waals surface area contributed by atoms with Gasteiger partial charge in [-0.3, -0.25) is 9.78 Å². The molecule has 3 heterocycles. The maximum Gasteiger partial charge on any atom is 0.261 e. The standard InChI is InChI=1S/C19H16N4OS/c1-13-16-10-17(18(24)21-12-14-6-5-9-20-11-14)25-19(16)23(22-13)15-7-3-2-4-8-15/h2-11H,12H2,1H3,(H,21,24). The van der Waals surface area contributed by atoms with Crippen LogP contribution in [0.5, 0.6) is 0 Å². The van der Waals surface area contributed by atoms with Gasteiger partial charge in [0.2, 0.25) is 0 Å². The smallest absolute Gasteiger partial charge is 0.261 e. The van der Waals surface area contributed by atoms with Crippen LogP contribution in [0.15, 0.2) is 60.9 Å². The zero-order chi connectivity index (χ0) is 17.2. The van der Waals surface area contributed by atoms with Gasteiger partial charge in [-0.05, 0) is 36.8 Å². The fraction of sp³-hybridized carbons (Fsp3) is 0.105. The number of aryl methyl sites for hydroxylation is 1. The molecule has 0 aliphatic heterocycles. The Hall–Kier alpha value is -2.99. The van der Waals surface area contributed by atoms with Crippen LogP contribution in [0.4, 0.5) is 0 Å². The topological polar surface area (TPSA) is 59.8 Å². The van der Waals surface area contributed by atoms with Crippen molar-refractivity contribution >= 4 is 27.5 Å². The van der Waals surface area contributed by atoms with Gasteiger partial charge in [0.05, 0.1) is 16.3 Å².